The monoisotopic (exact) mass is 399 g/mol. The summed E-state index contributed by atoms with van der Waals surface area (Å²) >= 11 is 0. The summed E-state index contributed by atoms with van der Waals surface area (Å²) in [6, 6.07) is 19.8. The number of hydrogen-bond acceptors (Lipinski definition) is 5. The van der Waals surface area contributed by atoms with E-state index < -0.39 is 0 Å². The van der Waals surface area contributed by atoms with Gasteiger partial charge in [0.1, 0.15) is 24.3 Å². The summed E-state index contributed by atoms with van der Waals surface area (Å²) in [4.78, 5) is 15.1. The third-order valence-electron chi connectivity index (χ3n) is 4.81. The lowest BCUT2D eigenvalue weighted by atomic mass is 10.1. The zero-order chi connectivity index (χ0) is 20.9. The number of benzene rings is 3. The Morgan fingerprint density at radius 2 is 1.83 bits per heavy atom. The number of methoxy groups -OCH3 is 1. The third kappa shape index (κ3) is 4.10. The number of carbonyl (C=O) groups is 1. The molecule has 0 aliphatic carbocycles. The minimum absolute atomic E-state index is 0.253. The van der Waals surface area contributed by atoms with Crippen LogP contribution in [0.1, 0.15) is 17.0 Å². The maximum absolute atomic E-state index is 10.5. The molecule has 150 valence electrons. The Hall–Kier alpha value is -3.86. The van der Waals surface area contributed by atoms with E-state index in [1.807, 2.05) is 43.3 Å². The Balaban J connectivity index is 1.54. The molecule has 0 unspecified atom stereocenters. The van der Waals surface area contributed by atoms with E-state index >= 15 is 0 Å². The second kappa shape index (κ2) is 8.66. The van der Waals surface area contributed by atoms with Gasteiger partial charge in [-0.2, -0.15) is 0 Å². The van der Waals surface area contributed by atoms with Crippen LogP contribution in [0.3, 0.4) is 0 Å². The van der Waals surface area contributed by atoms with Gasteiger partial charge in [0.05, 0.1) is 7.11 Å². The van der Waals surface area contributed by atoms with Crippen LogP contribution < -0.4 is 9.47 Å². The van der Waals surface area contributed by atoms with Crippen molar-refractivity contribution in [2.75, 3.05) is 7.11 Å². The summed E-state index contributed by atoms with van der Waals surface area (Å²) < 4.78 is 17.2. The van der Waals surface area contributed by atoms with E-state index in [2.05, 4.69) is 29.2 Å². The molecule has 0 N–H and O–H groups in total. The summed E-state index contributed by atoms with van der Waals surface area (Å²) in [5.74, 6) is 2.45. The molecule has 0 atom stereocenters. The number of carbonyl (C=O) groups excluding carboxylic acids is 1. The number of rotatable bonds is 7. The molecular formula is C25H21NO4. The first-order valence-electron chi connectivity index (χ1n) is 9.56. The van der Waals surface area contributed by atoms with Crippen LogP contribution in [-0.2, 0) is 11.4 Å². The predicted octanol–water partition coefficient (Wildman–Crippen LogP) is 5.60. The number of oxazole rings is 1. The van der Waals surface area contributed by atoms with Crippen LogP contribution in [0.15, 0.2) is 71.2 Å². The highest BCUT2D eigenvalue weighted by atomic mass is 16.5. The van der Waals surface area contributed by atoms with Crippen molar-refractivity contribution in [3.8, 4) is 23.0 Å². The van der Waals surface area contributed by atoms with Crippen molar-refractivity contribution in [1.29, 1.82) is 0 Å². The van der Waals surface area contributed by atoms with Crippen LogP contribution >= 0.6 is 0 Å². The van der Waals surface area contributed by atoms with E-state index in [9.17, 15) is 4.79 Å². The summed E-state index contributed by atoms with van der Waals surface area (Å²) in [6.45, 7) is 2.13. The van der Waals surface area contributed by atoms with E-state index in [0.29, 0.717) is 23.1 Å². The molecular weight excluding hydrogens is 378 g/mol. The van der Waals surface area contributed by atoms with Gasteiger partial charge >= 0.3 is 0 Å². The zero-order valence-electron chi connectivity index (χ0n) is 16.8. The van der Waals surface area contributed by atoms with E-state index in [1.54, 1.807) is 13.2 Å². The third-order valence-corrected chi connectivity index (χ3v) is 4.81. The van der Waals surface area contributed by atoms with Crippen molar-refractivity contribution in [1.82, 2.24) is 4.98 Å². The lowest BCUT2D eigenvalue weighted by molar-refractivity contribution is -0.104. The summed E-state index contributed by atoms with van der Waals surface area (Å²) in [5, 5.41) is 2.31. The number of aromatic nitrogens is 1. The smallest absolute Gasteiger partial charge is 0.226 e. The highest BCUT2D eigenvalue weighted by molar-refractivity contribution is 5.86. The fourth-order valence-electron chi connectivity index (χ4n) is 3.21. The van der Waals surface area contributed by atoms with Crippen molar-refractivity contribution in [2.45, 2.75) is 13.5 Å². The van der Waals surface area contributed by atoms with Crippen molar-refractivity contribution >= 4 is 23.1 Å². The number of nitrogens with zero attached hydrogens (tertiary/aromatic N) is 1. The second-order valence-corrected chi connectivity index (χ2v) is 6.78. The molecule has 0 spiro atoms. The van der Waals surface area contributed by atoms with Gasteiger partial charge < -0.3 is 13.9 Å². The highest BCUT2D eigenvalue weighted by Crippen LogP contribution is 2.30. The normalized spacial score (nSPS) is 11.1. The molecule has 4 rings (SSSR count). The second-order valence-electron chi connectivity index (χ2n) is 6.78. The van der Waals surface area contributed by atoms with Gasteiger partial charge in [0.25, 0.3) is 0 Å². The Morgan fingerprint density at radius 1 is 1.00 bits per heavy atom. The fraction of sp³-hybridized carbons (Fsp3) is 0.120. The predicted molar refractivity (Wildman–Crippen MR) is 117 cm³/mol. The fourth-order valence-corrected chi connectivity index (χ4v) is 3.21. The number of allylic oxidation sites excluding steroid dienone is 1. The van der Waals surface area contributed by atoms with Gasteiger partial charge in [-0.05, 0) is 53.6 Å². The van der Waals surface area contributed by atoms with Gasteiger partial charge in [-0.25, -0.2) is 4.98 Å². The average Bonchev–Trinajstić information content (AvgIpc) is 3.16. The van der Waals surface area contributed by atoms with Crippen LogP contribution in [-0.4, -0.2) is 18.4 Å². The summed E-state index contributed by atoms with van der Waals surface area (Å²) in [7, 11) is 1.58. The molecule has 0 saturated heterocycles. The lowest BCUT2D eigenvalue weighted by Gasteiger charge is -2.10. The van der Waals surface area contributed by atoms with Crippen molar-refractivity contribution in [3.63, 3.8) is 0 Å². The molecule has 0 bridgehead atoms. The maximum Gasteiger partial charge on any atom is 0.226 e. The first-order chi connectivity index (χ1) is 14.7. The van der Waals surface area contributed by atoms with Gasteiger partial charge in [0, 0.05) is 5.56 Å². The maximum atomic E-state index is 10.5. The molecule has 5 nitrogen and oxygen atoms in total. The molecule has 0 saturated carbocycles. The number of ether oxygens (including phenoxy) is 2. The molecule has 1 aromatic heterocycles. The lowest BCUT2D eigenvalue weighted by Crippen LogP contribution is -1.99. The summed E-state index contributed by atoms with van der Waals surface area (Å²) in [6.07, 6.45) is 3.87. The van der Waals surface area contributed by atoms with Crippen LogP contribution in [0.4, 0.5) is 0 Å². The van der Waals surface area contributed by atoms with Gasteiger partial charge in [-0.15, -0.1) is 0 Å². The number of hydrogen-bond donors (Lipinski definition) is 0. The minimum atomic E-state index is 0.253. The van der Waals surface area contributed by atoms with E-state index in [1.165, 1.54) is 11.5 Å². The number of aryl methyl sites for hydroxylation is 1. The Morgan fingerprint density at radius 3 is 2.63 bits per heavy atom. The van der Waals surface area contributed by atoms with Crippen molar-refractivity contribution in [3.05, 3.63) is 83.8 Å². The number of aldehydes is 1. The Bertz CT molecular complexity index is 1220. The summed E-state index contributed by atoms with van der Waals surface area (Å²) in [5.41, 5.74) is 2.50. The molecule has 0 aliphatic rings. The SMILES string of the molecule is COc1cc(/C=C/C=O)ccc1OCc1nc(-c2ccc3ccccc3c2)oc1C. The van der Waals surface area contributed by atoms with E-state index in [0.717, 1.165) is 28.5 Å². The van der Waals surface area contributed by atoms with Gasteiger partial charge in [-0.1, -0.05) is 42.5 Å². The van der Waals surface area contributed by atoms with Crippen molar-refractivity contribution < 1.29 is 18.7 Å². The van der Waals surface area contributed by atoms with E-state index in [-0.39, 0.29) is 6.61 Å². The van der Waals surface area contributed by atoms with Crippen LogP contribution in [0.5, 0.6) is 11.5 Å². The first kappa shape index (κ1) is 19.5. The van der Waals surface area contributed by atoms with Crippen LogP contribution in [0.2, 0.25) is 0 Å². The first-order valence-corrected chi connectivity index (χ1v) is 9.56. The Labute approximate surface area is 174 Å². The van der Waals surface area contributed by atoms with Gasteiger partial charge in [0.15, 0.2) is 11.5 Å². The molecule has 0 fully saturated rings. The topological polar surface area (TPSA) is 61.6 Å². The Kier molecular flexibility index (Phi) is 5.61. The average molecular weight is 399 g/mol. The highest BCUT2D eigenvalue weighted by Gasteiger charge is 2.14. The molecule has 4 aromatic rings. The quantitative estimate of drug-likeness (QED) is 0.299. The van der Waals surface area contributed by atoms with Crippen LogP contribution in [0, 0.1) is 6.92 Å². The molecule has 0 amide bonds. The van der Waals surface area contributed by atoms with Gasteiger partial charge in [0.2, 0.25) is 5.89 Å². The molecule has 30 heavy (non-hydrogen) atoms. The molecule has 1 heterocycles. The van der Waals surface area contributed by atoms with Gasteiger partial charge in [-0.3, -0.25) is 4.79 Å². The number of fused-ring (bicyclic) bond motifs is 1. The molecule has 3 aromatic carbocycles. The van der Waals surface area contributed by atoms with Crippen LogP contribution in [0.25, 0.3) is 28.3 Å². The molecule has 0 radical (unpaired) electrons. The standard InChI is InChI=1S/C25H21NO4/c1-17-22(16-29-23-12-9-18(6-5-13-27)14-24(23)28-2)26-25(30-17)21-11-10-19-7-3-4-8-20(19)15-21/h3-15H,16H2,1-2H3/b6-5+. The van der Waals surface area contributed by atoms with Crippen molar-refractivity contribution in [2.24, 2.45) is 0 Å². The molecule has 5 heteroatoms. The molecule has 0 aliphatic heterocycles. The zero-order valence-corrected chi connectivity index (χ0v) is 16.8. The minimum Gasteiger partial charge on any atom is -0.493 e. The van der Waals surface area contributed by atoms with E-state index in [4.69, 9.17) is 13.9 Å². The largest absolute Gasteiger partial charge is 0.493 e.